The maximum atomic E-state index is 6.00. The summed E-state index contributed by atoms with van der Waals surface area (Å²) in [5.74, 6) is 1.69. The maximum absolute atomic E-state index is 6.00. The maximum Gasteiger partial charge on any atom is 0.161 e. The first kappa shape index (κ1) is 12.8. The van der Waals surface area contributed by atoms with Crippen molar-refractivity contribution in [2.75, 3.05) is 13.2 Å². The summed E-state index contributed by atoms with van der Waals surface area (Å²) in [5, 5.41) is 3.57. The molecule has 19 heavy (non-hydrogen) atoms. The standard InChI is InChI=1S/C15H22N2O2/c16-11-4-3-5-12(8-11)17-9-13-10-18-14-6-1-2-7-15(14)19-13/h1-2,6-7,11-13,17H,3-5,8-10,16H2. The smallest absolute Gasteiger partial charge is 0.161 e. The molecule has 0 radical (unpaired) electrons. The molecule has 2 aliphatic rings. The highest BCUT2D eigenvalue weighted by molar-refractivity contribution is 5.40. The Balaban J connectivity index is 1.49. The third-order valence-electron chi connectivity index (χ3n) is 3.92. The Morgan fingerprint density at radius 3 is 2.89 bits per heavy atom. The van der Waals surface area contributed by atoms with E-state index in [2.05, 4.69) is 5.32 Å². The summed E-state index contributed by atoms with van der Waals surface area (Å²) in [6.45, 7) is 1.44. The average Bonchev–Trinajstić information content (AvgIpc) is 2.45. The van der Waals surface area contributed by atoms with Gasteiger partial charge in [-0.15, -0.1) is 0 Å². The molecule has 0 aromatic heterocycles. The molecule has 4 nitrogen and oxygen atoms in total. The molecule has 104 valence electrons. The van der Waals surface area contributed by atoms with Crippen LogP contribution in [0.5, 0.6) is 11.5 Å². The van der Waals surface area contributed by atoms with Crippen LogP contribution in [0.2, 0.25) is 0 Å². The molecule has 1 aromatic carbocycles. The molecule has 1 aliphatic heterocycles. The van der Waals surface area contributed by atoms with E-state index in [1.807, 2.05) is 24.3 Å². The van der Waals surface area contributed by atoms with E-state index < -0.39 is 0 Å². The number of para-hydroxylation sites is 2. The second-order valence-electron chi connectivity index (χ2n) is 5.53. The number of rotatable bonds is 3. The quantitative estimate of drug-likeness (QED) is 0.870. The lowest BCUT2D eigenvalue weighted by atomic mass is 9.91. The number of nitrogens with two attached hydrogens (primary N) is 1. The Labute approximate surface area is 114 Å². The molecule has 0 spiro atoms. The summed E-state index contributed by atoms with van der Waals surface area (Å²) in [7, 11) is 0. The molecule has 0 bridgehead atoms. The van der Waals surface area contributed by atoms with Crippen LogP contribution in [-0.2, 0) is 0 Å². The Kier molecular flexibility index (Phi) is 3.89. The fraction of sp³-hybridized carbons (Fsp3) is 0.600. The number of fused-ring (bicyclic) bond motifs is 1. The molecule has 1 aromatic rings. The van der Waals surface area contributed by atoms with Gasteiger partial charge in [-0.05, 0) is 31.4 Å². The van der Waals surface area contributed by atoms with Crippen LogP contribution in [-0.4, -0.2) is 31.3 Å². The summed E-state index contributed by atoms with van der Waals surface area (Å²) >= 11 is 0. The first-order valence-corrected chi connectivity index (χ1v) is 7.19. The van der Waals surface area contributed by atoms with Gasteiger partial charge in [-0.25, -0.2) is 0 Å². The summed E-state index contributed by atoms with van der Waals surface area (Å²) < 4.78 is 11.6. The predicted molar refractivity (Wildman–Crippen MR) is 74.6 cm³/mol. The monoisotopic (exact) mass is 262 g/mol. The van der Waals surface area contributed by atoms with Crippen LogP contribution in [0.25, 0.3) is 0 Å². The van der Waals surface area contributed by atoms with Gasteiger partial charge in [-0.1, -0.05) is 18.6 Å². The molecule has 3 unspecified atom stereocenters. The first-order chi connectivity index (χ1) is 9.31. The summed E-state index contributed by atoms with van der Waals surface area (Å²) in [4.78, 5) is 0. The van der Waals surface area contributed by atoms with Crippen LogP contribution in [0, 0.1) is 0 Å². The van der Waals surface area contributed by atoms with Gasteiger partial charge in [0, 0.05) is 18.6 Å². The largest absolute Gasteiger partial charge is 0.486 e. The molecular formula is C15H22N2O2. The van der Waals surface area contributed by atoms with Gasteiger partial charge in [0.25, 0.3) is 0 Å². The summed E-state index contributed by atoms with van der Waals surface area (Å²) in [6, 6.07) is 8.72. The molecule has 3 rings (SSSR count). The normalized spacial score (nSPS) is 30.1. The van der Waals surface area contributed by atoms with Gasteiger partial charge in [0.15, 0.2) is 11.5 Å². The fourth-order valence-corrected chi connectivity index (χ4v) is 2.87. The third-order valence-corrected chi connectivity index (χ3v) is 3.92. The second kappa shape index (κ2) is 5.80. The van der Waals surface area contributed by atoms with Crippen molar-refractivity contribution in [2.45, 2.75) is 43.9 Å². The minimum Gasteiger partial charge on any atom is -0.486 e. The summed E-state index contributed by atoms with van der Waals surface area (Å²) in [5.41, 5.74) is 6.00. The van der Waals surface area contributed by atoms with E-state index in [1.165, 1.54) is 12.8 Å². The lowest BCUT2D eigenvalue weighted by Crippen LogP contribution is -2.45. The molecular weight excluding hydrogens is 240 g/mol. The fourth-order valence-electron chi connectivity index (χ4n) is 2.87. The van der Waals surface area contributed by atoms with Crippen molar-refractivity contribution in [1.29, 1.82) is 0 Å². The minimum absolute atomic E-state index is 0.0908. The van der Waals surface area contributed by atoms with Crippen LogP contribution in [0.1, 0.15) is 25.7 Å². The Morgan fingerprint density at radius 2 is 2.05 bits per heavy atom. The molecule has 1 heterocycles. The predicted octanol–water partition coefficient (Wildman–Crippen LogP) is 1.69. The van der Waals surface area contributed by atoms with Crippen molar-refractivity contribution in [1.82, 2.24) is 5.32 Å². The molecule has 1 aliphatic carbocycles. The zero-order valence-corrected chi connectivity index (χ0v) is 11.2. The summed E-state index contributed by atoms with van der Waals surface area (Å²) in [6.07, 6.45) is 4.77. The third kappa shape index (κ3) is 3.19. The van der Waals surface area contributed by atoms with Crippen LogP contribution < -0.4 is 20.5 Å². The topological polar surface area (TPSA) is 56.5 Å². The number of benzene rings is 1. The van der Waals surface area contributed by atoms with Crippen molar-refractivity contribution >= 4 is 0 Å². The Hall–Kier alpha value is -1.26. The van der Waals surface area contributed by atoms with E-state index in [4.69, 9.17) is 15.2 Å². The molecule has 1 saturated carbocycles. The van der Waals surface area contributed by atoms with Gasteiger partial charge >= 0.3 is 0 Å². The second-order valence-corrected chi connectivity index (χ2v) is 5.53. The van der Waals surface area contributed by atoms with E-state index in [0.717, 1.165) is 30.9 Å². The van der Waals surface area contributed by atoms with E-state index in [9.17, 15) is 0 Å². The van der Waals surface area contributed by atoms with E-state index in [1.54, 1.807) is 0 Å². The number of ether oxygens (including phenoxy) is 2. The Bertz CT molecular complexity index is 424. The van der Waals surface area contributed by atoms with Gasteiger partial charge in [-0.2, -0.15) is 0 Å². The molecule has 0 amide bonds. The van der Waals surface area contributed by atoms with Gasteiger partial charge < -0.3 is 20.5 Å². The highest BCUT2D eigenvalue weighted by atomic mass is 16.6. The molecule has 1 fully saturated rings. The number of nitrogens with one attached hydrogen (secondary N) is 1. The Morgan fingerprint density at radius 1 is 1.21 bits per heavy atom. The SMILES string of the molecule is NC1CCCC(NCC2COc3ccccc3O2)C1. The molecule has 4 heteroatoms. The number of hydrogen-bond donors (Lipinski definition) is 2. The van der Waals surface area contributed by atoms with Crippen LogP contribution in [0.15, 0.2) is 24.3 Å². The average molecular weight is 262 g/mol. The molecule has 3 atom stereocenters. The lowest BCUT2D eigenvalue weighted by Gasteiger charge is -2.31. The van der Waals surface area contributed by atoms with Gasteiger partial charge in [-0.3, -0.25) is 0 Å². The minimum atomic E-state index is 0.0908. The van der Waals surface area contributed by atoms with Crippen molar-refractivity contribution in [3.8, 4) is 11.5 Å². The van der Waals surface area contributed by atoms with Crippen molar-refractivity contribution in [3.63, 3.8) is 0 Å². The van der Waals surface area contributed by atoms with Crippen LogP contribution in [0.4, 0.5) is 0 Å². The van der Waals surface area contributed by atoms with E-state index in [-0.39, 0.29) is 6.10 Å². The van der Waals surface area contributed by atoms with E-state index >= 15 is 0 Å². The van der Waals surface area contributed by atoms with Crippen LogP contribution in [0.3, 0.4) is 0 Å². The number of hydrogen-bond acceptors (Lipinski definition) is 4. The van der Waals surface area contributed by atoms with Gasteiger partial charge in [0.05, 0.1) is 0 Å². The van der Waals surface area contributed by atoms with Crippen LogP contribution >= 0.6 is 0 Å². The van der Waals surface area contributed by atoms with Crippen molar-refractivity contribution < 1.29 is 9.47 Å². The lowest BCUT2D eigenvalue weighted by molar-refractivity contribution is 0.0865. The highest BCUT2D eigenvalue weighted by Gasteiger charge is 2.23. The zero-order valence-electron chi connectivity index (χ0n) is 11.2. The van der Waals surface area contributed by atoms with Crippen molar-refractivity contribution in [3.05, 3.63) is 24.3 Å². The molecule has 3 N–H and O–H groups in total. The van der Waals surface area contributed by atoms with Gasteiger partial charge in [0.1, 0.15) is 12.7 Å². The zero-order chi connectivity index (χ0) is 13.1. The first-order valence-electron chi connectivity index (χ1n) is 7.19. The van der Waals surface area contributed by atoms with Crippen molar-refractivity contribution in [2.24, 2.45) is 5.73 Å². The van der Waals surface area contributed by atoms with E-state index in [0.29, 0.717) is 18.7 Å². The van der Waals surface area contributed by atoms with Gasteiger partial charge in [0.2, 0.25) is 0 Å². The molecule has 0 saturated heterocycles. The highest BCUT2D eigenvalue weighted by Crippen LogP contribution is 2.30.